The summed E-state index contributed by atoms with van der Waals surface area (Å²) >= 11 is 0. The number of hydrogen-bond acceptors (Lipinski definition) is 9. The number of ether oxygens (including phenoxy) is 7. The fourth-order valence-electron chi connectivity index (χ4n) is 8.40. The van der Waals surface area contributed by atoms with E-state index in [0.29, 0.717) is 32.8 Å². The molecule has 2 bridgehead atoms. The molecule has 2 aliphatic rings. The quantitative estimate of drug-likeness (QED) is 0.0402. The van der Waals surface area contributed by atoms with Gasteiger partial charge in [0.1, 0.15) is 31.6 Å². The molecule has 334 valence electrons. The molecule has 1 aromatic rings. The van der Waals surface area contributed by atoms with Crippen molar-refractivity contribution < 1.29 is 42.7 Å². The second-order valence-corrected chi connectivity index (χ2v) is 37.3. The predicted octanol–water partition coefficient (Wildman–Crippen LogP) is 10.7. The molecule has 0 spiro atoms. The Balaban J connectivity index is 2.19. The van der Waals surface area contributed by atoms with E-state index in [0.717, 1.165) is 30.5 Å². The van der Waals surface area contributed by atoms with E-state index in [9.17, 15) is 5.11 Å². The van der Waals surface area contributed by atoms with E-state index in [-0.39, 0.29) is 43.4 Å². The Morgan fingerprint density at radius 3 is 2.03 bits per heavy atom. The van der Waals surface area contributed by atoms with Crippen LogP contribution in [0.15, 0.2) is 54.6 Å². The van der Waals surface area contributed by atoms with Crippen LogP contribution >= 0.6 is 0 Å². The molecule has 3 rings (SSSR count). The molecule has 2 fully saturated rings. The van der Waals surface area contributed by atoms with Gasteiger partial charge in [0.05, 0.1) is 25.4 Å². The Bertz CT molecular complexity index is 1420. The van der Waals surface area contributed by atoms with Gasteiger partial charge in [0.2, 0.25) is 0 Å². The van der Waals surface area contributed by atoms with Crippen molar-refractivity contribution in [2.45, 2.75) is 160 Å². The molecule has 58 heavy (non-hydrogen) atoms. The summed E-state index contributed by atoms with van der Waals surface area (Å²) in [6.07, 6.45) is 9.51. The summed E-state index contributed by atoms with van der Waals surface area (Å²) in [7, 11) is -3.08. The van der Waals surface area contributed by atoms with Crippen LogP contribution in [-0.2, 0) is 44.2 Å². The second-order valence-electron chi connectivity index (χ2n) is 21.3. The maximum atomic E-state index is 12.9. The summed E-state index contributed by atoms with van der Waals surface area (Å²) in [6.45, 7) is 34.5. The minimum Gasteiger partial charge on any atom is -0.417 e. The monoisotopic (exact) mass is 865 g/mol. The lowest BCUT2D eigenvalue weighted by Crippen LogP contribution is -2.55. The molecule has 2 saturated carbocycles. The summed E-state index contributed by atoms with van der Waals surface area (Å²) in [4.78, 5) is 0. The van der Waals surface area contributed by atoms with Crippen molar-refractivity contribution >= 4 is 24.5 Å². The Kier molecular flexibility index (Phi) is 18.9. The van der Waals surface area contributed by atoms with Crippen LogP contribution in [0.4, 0.5) is 0 Å². The summed E-state index contributed by atoms with van der Waals surface area (Å²) < 4.78 is 51.5. The zero-order valence-corrected chi connectivity index (χ0v) is 42.3. The van der Waals surface area contributed by atoms with Gasteiger partial charge in [-0.05, 0) is 73.3 Å². The largest absolute Gasteiger partial charge is 0.417 e. The van der Waals surface area contributed by atoms with Crippen molar-refractivity contribution in [2.24, 2.45) is 16.7 Å². The van der Waals surface area contributed by atoms with Gasteiger partial charge >= 0.3 is 0 Å². The molecule has 6 atom stereocenters. The number of methoxy groups -OCH3 is 1. The van der Waals surface area contributed by atoms with Gasteiger partial charge in [-0.15, -0.1) is 0 Å². The molecule has 0 amide bonds. The minimum absolute atomic E-state index is 0.0470. The zero-order valence-electron chi connectivity index (χ0n) is 39.3. The van der Waals surface area contributed by atoms with Crippen LogP contribution in [0.25, 0.3) is 0 Å². The Labute approximate surface area is 357 Å². The number of rotatable bonds is 27. The summed E-state index contributed by atoms with van der Waals surface area (Å²) in [5.41, 5.74) is -2.41. The molecule has 0 aromatic heterocycles. The smallest absolute Gasteiger partial charge is 0.191 e. The first-order chi connectivity index (χ1) is 26.9. The fourth-order valence-corrected chi connectivity index (χ4v) is 11.0. The van der Waals surface area contributed by atoms with Gasteiger partial charge in [0.25, 0.3) is 0 Å². The first-order valence-corrected chi connectivity index (χ1v) is 32.1. The highest BCUT2D eigenvalue weighted by Crippen LogP contribution is 2.71. The van der Waals surface area contributed by atoms with Crippen LogP contribution in [-0.4, -0.2) is 107 Å². The zero-order chi connectivity index (χ0) is 43.5. The van der Waals surface area contributed by atoms with Crippen molar-refractivity contribution in [3.05, 3.63) is 60.2 Å². The maximum Gasteiger partial charge on any atom is 0.191 e. The molecule has 1 aromatic carbocycles. The van der Waals surface area contributed by atoms with Gasteiger partial charge in [-0.1, -0.05) is 129 Å². The van der Waals surface area contributed by atoms with E-state index in [4.69, 9.17) is 37.6 Å². The lowest BCUT2D eigenvalue weighted by molar-refractivity contribution is -0.201. The fraction of sp³-hybridized carbons (Fsp3) is 0.783. The maximum absolute atomic E-state index is 12.9. The van der Waals surface area contributed by atoms with E-state index in [2.05, 4.69) is 111 Å². The molecule has 0 aliphatic heterocycles. The van der Waals surface area contributed by atoms with E-state index in [1.165, 1.54) is 0 Å². The van der Waals surface area contributed by atoms with Crippen LogP contribution in [0, 0.1) is 16.7 Å². The number of fused-ring (bicyclic) bond motifs is 2. The lowest BCUT2D eigenvalue weighted by atomic mass is 9.62. The van der Waals surface area contributed by atoms with Crippen LogP contribution in [0.3, 0.4) is 0 Å². The van der Waals surface area contributed by atoms with Gasteiger partial charge in [0.15, 0.2) is 8.32 Å². The van der Waals surface area contributed by atoms with E-state index in [1.807, 2.05) is 37.3 Å². The van der Waals surface area contributed by atoms with Crippen molar-refractivity contribution in [1.82, 2.24) is 0 Å². The Hall–Kier alpha value is -1.01. The summed E-state index contributed by atoms with van der Waals surface area (Å²) in [6, 6.07) is 12.3. The number of aliphatic hydroxyl groups is 1. The van der Waals surface area contributed by atoms with Crippen LogP contribution < -0.4 is 0 Å². The van der Waals surface area contributed by atoms with Gasteiger partial charge in [-0.25, -0.2) is 0 Å². The standard InChI is InChI=1S/C46H84O9Si3/c1-16-24-46(47)41(53-35-48-7)39-22-25-45(46,43(39,5)6)27-26-44(54-33-38-20-18-17-19-21-38,34-51-36-49-29-31-56(8,9)10)40(52-37-50-30-32-57(11,12)13)23-28-55-58(14,15)42(2,3)4/h16-21,24,26-27,39-41,47H,22-23,25,28-37H2,1-15H3/b24-16+,27-26+/t39?,40-,41-,44+,45?,46-/m1/s1. The van der Waals surface area contributed by atoms with Crippen LogP contribution in [0.5, 0.6) is 0 Å². The average Bonchev–Trinajstić information content (AvgIpc) is 3.45. The summed E-state index contributed by atoms with van der Waals surface area (Å²) in [5, 5.41) is 13.0. The van der Waals surface area contributed by atoms with E-state index >= 15 is 0 Å². The predicted molar refractivity (Wildman–Crippen MR) is 245 cm³/mol. The van der Waals surface area contributed by atoms with E-state index < -0.39 is 53.3 Å². The number of hydrogen-bond donors (Lipinski definition) is 1. The molecule has 2 aliphatic carbocycles. The molecule has 0 saturated heterocycles. The van der Waals surface area contributed by atoms with Crippen molar-refractivity contribution in [3.8, 4) is 0 Å². The third kappa shape index (κ3) is 13.2. The molecule has 1 N–H and O–H groups in total. The lowest BCUT2D eigenvalue weighted by Gasteiger charge is -2.47. The van der Waals surface area contributed by atoms with Crippen LogP contribution in [0.1, 0.15) is 66.4 Å². The summed E-state index contributed by atoms with van der Waals surface area (Å²) in [5.74, 6) is 0.106. The highest BCUT2D eigenvalue weighted by molar-refractivity contribution is 6.76. The molecule has 0 radical (unpaired) electrons. The molecule has 0 heterocycles. The van der Waals surface area contributed by atoms with Crippen molar-refractivity contribution in [3.63, 3.8) is 0 Å². The SMILES string of the molecule is C/C=C/[C@@]1(O)[C@H](OCOC)C2CCC1(/C=C/[C@@](COCOCC[Si](C)(C)C)(OCc1ccccc1)[C@@H](CCO[Si](C)(C)C(C)(C)C)OCOCC[Si](C)(C)C)C2(C)C. The third-order valence-corrected chi connectivity index (χ3v) is 21.2. The highest BCUT2D eigenvalue weighted by atomic mass is 28.4. The van der Waals surface area contributed by atoms with Gasteiger partial charge < -0.3 is 42.7 Å². The van der Waals surface area contributed by atoms with Crippen LogP contribution in [0.2, 0.25) is 69.5 Å². The number of allylic oxidation sites excluding steroid dienone is 1. The molecule has 2 unspecified atom stereocenters. The number of benzene rings is 1. The average molecular weight is 865 g/mol. The van der Waals surface area contributed by atoms with Gasteiger partial charge in [-0.3, -0.25) is 0 Å². The molecular formula is C46H84O9Si3. The first kappa shape index (κ1) is 51.3. The normalized spacial score (nSPS) is 25.6. The molecular weight excluding hydrogens is 781 g/mol. The molecule has 9 nitrogen and oxygen atoms in total. The van der Waals surface area contributed by atoms with Gasteiger partial charge in [0, 0.05) is 48.5 Å². The topological polar surface area (TPSA) is 94.1 Å². The molecule has 12 heteroatoms. The minimum atomic E-state index is -2.09. The van der Waals surface area contributed by atoms with Crippen molar-refractivity contribution in [1.29, 1.82) is 0 Å². The highest BCUT2D eigenvalue weighted by Gasteiger charge is 2.74. The Morgan fingerprint density at radius 2 is 1.47 bits per heavy atom. The first-order valence-electron chi connectivity index (χ1n) is 21.7. The van der Waals surface area contributed by atoms with Gasteiger partial charge in [-0.2, -0.15) is 0 Å². The third-order valence-electron chi connectivity index (χ3n) is 13.3. The Morgan fingerprint density at radius 1 is 0.845 bits per heavy atom. The van der Waals surface area contributed by atoms with E-state index in [1.54, 1.807) is 7.11 Å². The second kappa shape index (κ2) is 21.4. The van der Waals surface area contributed by atoms with Crippen molar-refractivity contribution in [2.75, 3.05) is 53.9 Å².